The second kappa shape index (κ2) is 5.68. The first kappa shape index (κ1) is 13.2. The summed E-state index contributed by atoms with van der Waals surface area (Å²) in [7, 11) is 0. The number of hydrogen-bond acceptors (Lipinski definition) is 5. The Bertz CT molecular complexity index is 592. The van der Waals surface area contributed by atoms with Crippen molar-refractivity contribution in [1.29, 1.82) is 0 Å². The molecule has 1 aliphatic rings. The normalized spacial score (nSPS) is 16.1. The number of aromatic amines is 1. The van der Waals surface area contributed by atoms with E-state index in [9.17, 15) is 5.11 Å². The number of aromatic nitrogens is 3. The van der Waals surface area contributed by atoms with Crippen LogP contribution in [0.3, 0.4) is 0 Å². The van der Waals surface area contributed by atoms with Crippen molar-refractivity contribution in [1.82, 2.24) is 20.5 Å². The number of phenols is 1. The topological polar surface area (TPSA) is 77.1 Å². The molecule has 1 fully saturated rings. The van der Waals surface area contributed by atoms with Gasteiger partial charge in [-0.3, -0.25) is 5.10 Å². The lowest BCUT2D eigenvalue weighted by atomic mass is 10.2. The third-order valence-electron chi connectivity index (χ3n) is 3.30. The van der Waals surface area contributed by atoms with Crippen molar-refractivity contribution >= 4 is 17.5 Å². The lowest BCUT2D eigenvalue weighted by Gasteiger charge is -2.16. The van der Waals surface area contributed by atoms with Gasteiger partial charge in [0.15, 0.2) is 5.82 Å². The molecule has 0 bridgehead atoms. The van der Waals surface area contributed by atoms with E-state index >= 15 is 0 Å². The Kier molecular flexibility index (Phi) is 3.75. The molecule has 6 nitrogen and oxygen atoms in total. The van der Waals surface area contributed by atoms with Crippen LogP contribution in [0.25, 0.3) is 11.4 Å². The van der Waals surface area contributed by atoms with E-state index < -0.39 is 0 Å². The molecule has 1 aromatic carbocycles. The van der Waals surface area contributed by atoms with Gasteiger partial charge in [0.1, 0.15) is 5.75 Å². The average molecular weight is 294 g/mol. The third kappa shape index (κ3) is 2.71. The molecule has 0 unspecified atom stereocenters. The predicted octanol–water partition coefficient (Wildman–Crippen LogP) is 1.63. The molecule has 1 saturated heterocycles. The van der Waals surface area contributed by atoms with Gasteiger partial charge in [0, 0.05) is 25.2 Å². The zero-order chi connectivity index (χ0) is 13.9. The summed E-state index contributed by atoms with van der Waals surface area (Å²) in [5.74, 6) is 1.39. The molecular weight excluding hydrogens is 278 g/mol. The Hall–Kier alpha value is -1.79. The number of rotatable bonds is 2. The summed E-state index contributed by atoms with van der Waals surface area (Å²) in [6.45, 7) is 3.76. The van der Waals surface area contributed by atoms with E-state index in [1.807, 2.05) is 0 Å². The molecule has 0 atom stereocenters. The first-order valence-electron chi connectivity index (χ1n) is 6.61. The van der Waals surface area contributed by atoms with Gasteiger partial charge in [-0.15, -0.1) is 5.10 Å². The number of nitrogens with zero attached hydrogens (tertiary/aromatic N) is 3. The number of phenolic OH excluding ortho intramolecular Hbond substituents is 1. The molecule has 1 aliphatic heterocycles. The summed E-state index contributed by atoms with van der Waals surface area (Å²) in [5.41, 5.74) is 0.651. The molecule has 2 aromatic rings. The van der Waals surface area contributed by atoms with Crippen molar-refractivity contribution in [3.63, 3.8) is 0 Å². The van der Waals surface area contributed by atoms with E-state index in [0.717, 1.165) is 32.6 Å². The lowest BCUT2D eigenvalue weighted by molar-refractivity contribution is 0.475. The number of nitrogens with one attached hydrogen (secondary N) is 2. The van der Waals surface area contributed by atoms with Crippen molar-refractivity contribution in [2.24, 2.45) is 0 Å². The molecule has 0 radical (unpaired) electrons. The zero-order valence-electron chi connectivity index (χ0n) is 10.9. The minimum atomic E-state index is 0.154. The lowest BCUT2D eigenvalue weighted by Crippen LogP contribution is -2.28. The first-order chi connectivity index (χ1) is 9.74. The molecule has 3 N–H and O–H groups in total. The van der Waals surface area contributed by atoms with E-state index in [0.29, 0.717) is 22.4 Å². The third-order valence-corrected chi connectivity index (χ3v) is 3.63. The Morgan fingerprint density at radius 1 is 1.25 bits per heavy atom. The minimum absolute atomic E-state index is 0.154. The fourth-order valence-corrected chi connectivity index (χ4v) is 2.46. The maximum absolute atomic E-state index is 9.55. The van der Waals surface area contributed by atoms with Gasteiger partial charge >= 0.3 is 0 Å². The molecular formula is C13H16ClN5O. The molecule has 1 aromatic heterocycles. The highest BCUT2D eigenvalue weighted by Crippen LogP contribution is 2.29. The van der Waals surface area contributed by atoms with Crippen LogP contribution in [0.1, 0.15) is 6.42 Å². The van der Waals surface area contributed by atoms with E-state index in [1.54, 1.807) is 18.2 Å². The largest absolute Gasteiger partial charge is 0.508 e. The first-order valence-corrected chi connectivity index (χ1v) is 6.99. The summed E-state index contributed by atoms with van der Waals surface area (Å²) in [6.07, 6.45) is 1.07. The van der Waals surface area contributed by atoms with Crippen LogP contribution in [0.15, 0.2) is 18.2 Å². The molecule has 2 heterocycles. The second-order valence-corrected chi connectivity index (χ2v) is 5.15. The predicted molar refractivity (Wildman–Crippen MR) is 78.2 cm³/mol. The SMILES string of the molecule is Oc1ccc(Cl)c(-c2nc(N3CCCNCC3)n[nH]2)c1. The Morgan fingerprint density at radius 3 is 3.05 bits per heavy atom. The summed E-state index contributed by atoms with van der Waals surface area (Å²) in [4.78, 5) is 6.62. The minimum Gasteiger partial charge on any atom is -0.508 e. The highest BCUT2D eigenvalue weighted by Gasteiger charge is 2.16. The maximum atomic E-state index is 9.55. The van der Waals surface area contributed by atoms with Crippen molar-refractivity contribution < 1.29 is 5.11 Å². The van der Waals surface area contributed by atoms with Gasteiger partial charge in [-0.1, -0.05) is 11.6 Å². The number of anilines is 1. The summed E-state index contributed by atoms with van der Waals surface area (Å²) < 4.78 is 0. The van der Waals surface area contributed by atoms with E-state index in [2.05, 4.69) is 25.4 Å². The zero-order valence-corrected chi connectivity index (χ0v) is 11.7. The van der Waals surface area contributed by atoms with E-state index in [1.165, 1.54) is 0 Å². The number of aromatic hydroxyl groups is 1. The van der Waals surface area contributed by atoms with Crippen LogP contribution in [-0.4, -0.2) is 46.5 Å². The standard InChI is InChI=1S/C13H16ClN5O/c14-11-3-2-9(20)8-10(11)12-16-13(18-17-12)19-6-1-4-15-5-7-19/h2-3,8,15,20H,1,4-7H2,(H,16,17,18). The van der Waals surface area contributed by atoms with Crippen LogP contribution in [0.4, 0.5) is 5.95 Å². The molecule has 3 rings (SSSR count). The average Bonchev–Trinajstić information content (AvgIpc) is 2.77. The van der Waals surface area contributed by atoms with Crippen LogP contribution in [-0.2, 0) is 0 Å². The molecule has 20 heavy (non-hydrogen) atoms. The second-order valence-electron chi connectivity index (χ2n) is 4.74. The quantitative estimate of drug-likeness (QED) is 0.784. The van der Waals surface area contributed by atoms with Crippen molar-refractivity contribution in [2.45, 2.75) is 6.42 Å². The van der Waals surface area contributed by atoms with Gasteiger partial charge in [0.05, 0.1) is 5.02 Å². The van der Waals surface area contributed by atoms with Crippen LogP contribution < -0.4 is 10.2 Å². The fourth-order valence-electron chi connectivity index (χ4n) is 2.26. The summed E-state index contributed by atoms with van der Waals surface area (Å²) in [6, 6.07) is 4.77. The van der Waals surface area contributed by atoms with E-state index in [-0.39, 0.29) is 5.75 Å². The van der Waals surface area contributed by atoms with Crippen LogP contribution in [0.5, 0.6) is 5.75 Å². The van der Waals surface area contributed by atoms with Crippen molar-refractivity contribution in [3.8, 4) is 17.1 Å². The Morgan fingerprint density at radius 2 is 2.15 bits per heavy atom. The summed E-state index contributed by atoms with van der Waals surface area (Å²) >= 11 is 6.13. The Labute approximate surface area is 121 Å². The number of halogens is 1. The smallest absolute Gasteiger partial charge is 0.245 e. The van der Waals surface area contributed by atoms with Crippen LogP contribution >= 0.6 is 11.6 Å². The van der Waals surface area contributed by atoms with Crippen LogP contribution in [0.2, 0.25) is 5.02 Å². The van der Waals surface area contributed by atoms with Gasteiger partial charge in [-0.05, 0) is 31.2 Å². The van der Waals surface area contributed by atoms with Crippen molar-refractivity contribution in [2.75, 3.05) is 31.1 Å². The van der Waals surface area contributed by atoms with Gasteiger partial charge in [0.25, 0.3) is 0 Å². The molecule has 0 amide bonds. The number of hydrogen-bond donors (Lipinski definition) is 3. The molecule has 106 valence electrons. The monoisotopic (exact) mass is 293 g/mol. The number of H-pyrrole nitrogens is 1. The number of benzene rings is 1. The van der Waals surface area contributed by atoms with E-state index in [4.69, 9.17) is 11.6 Å². The molecule has 0 saturated carbocycles. The summed E-state index contributed by atoms with van der Waals surface area (Å²) in [5, 5.41) is 20.6. The highest BCUT2D eigenvalue weighted by atomic mass is 35.5. The maximum Gasteiger partial charge on any atom is 0.245 e. The Balaban J connectivity index is 1.87. The molecule has 0 spiro atoms. The molecule has 7 heteroatoms. The van der Waals surface area contributed by atoms with Gasteiger partial charge in [-0.2, -0.15) is 4.98 Å². The van der Waals surface area contributed by atoms with Crippen LogP contribution in [0, 0.1) is 0 Å². The van der Waals surface area contributed by atoms with Gasteiger partial charge < -0.3 is 15.3 Å². The van der Waals surface area contributed by atoms with Crippen molar-refractivity contribution in [3.05, 3.63) is 23.2 Å². The highest BCUT2D eigenvalue weighted by molar-refractivity contribution is 6.33. The van der Waals surface area contributed by atoms with Gasteiger partial charge in [-0.25, -0.2) is 0 Å². The van der Waals surface area contributed by atoms with Gasteiger partial charge in [0.2, 0.25) is 5.95 Å². The fraction of sp³-hybridized carbons (Fsp3) is 0.385. The molecule has 0 aliphatic carbocycles.